The van der Waals surface area contributed by atoms with Crippen LogP contribution < -0.4 is 11.1 Å². The van der Waals surface area contributed by atoms with Gasteiger partial charge in [-0.05, 0) is 6.92 Å². The van der Waals surface area contributed by atoms with Crippen LogP contribution in [0.3, 0.4) is 0 Å². The van der Waals surface area contributed by atoms with Gasteiger partial charge in [-0.15, -0.1) is 0 Å². The molecule has 1 saturated heterocycles. The number of carbonyl (C=O) groups is 3. The lowest BCUT2D eigenvalue weighted by atomic mass is 10.2. The summed E-state index contributed by atoms with van der Waals surface area (Å²) in [6.07, 6.45) is -0.526. The van der Waals surface area contributed by atoms with E-state index < -0.39 is 46.2 Å². The second-order valence-electron chi connectivity index (χ2n) is 4.67. The first kappa shape index (κ1) is 16.2. The monoisotopic (exact) mass is 307 g/mol. The quantitative estimate of drug-likeness (QED) is 0.555. The minimum absolute atomic E-state index is 0.0156. The highest BCUT2D eigenvalue weighted by Gasteiger charge is 2.33. The van der Waals surface area contributed by atoms with Gasteiger partial charge in [0.1, 0.15) is 6.04 Å². The Morgan fingerprint density at radius 1 is 1.45 bits per heavy atom. The van der Waals surface area contributed by atoms with Crippen LogP contribution in [0.25, 0.3) is 0 Å². The van der Waals surface area contributed by atoms with Crippen molar-refractivity contribution < 1.29 is 27.9 Å². The fraction of sp³-hybridized carbons (Fsp3) is 0.700. The van der Waals surface area contributed by atoms with Gasteiger partial charge >= 0.3 is 12.0 Å². The lowest BCUT2D eigenvalue weighted by molar-refractivity contribution is -0.141. The highest BCUT2D eigenvalue weighted by Crippen LogP contribution is 2.11. The largest absolute Gasteiger partial charge is 0.480 e. The normalized spacial score (nSPS) is 22.9. The number of nitrogens with one attached hydrogen (secondary N) is 1. The molecule has 1 unspecified atom stereocenters. The van der Waals surface area contributed by atoms with Crippen molar-refractivity contribution in [2.75, 3.05) is 18.1 Å². The molecule has 9 nitrogen and oxygen atoms in total. The van der Waals surface area contributed by atoms with Crippen molar-refractivity contribution in [2.24, 2.45) is 5.73 Å². The molecule has 1 aliphatic heterocycles. The average molecular weight is 307 g/mol. The molecule has 20 heavy (non-hydrogen) atoms. The van der Waals surface area contributed by atoms with Crippen LogP contribution in [-0.2, 0) is 19.4 Å². The van der Waals surface area contributed by atoms with Gasteiger partial charge < -0.3 is 21.1 Å². The van der Waals surface area contributed by atoms with E-state index in [1.165, 1.54) is 4.90 Å². The fourth-order valence-corrected chi connectivity index (χ4v) is 3.49. The van der Waals surface area contributed by atoms with Gasteiger partial charge in [-0.3, -0.25) is 4.79 Å². The van der Waals surface area contributed by atoms with E-state index in [1.807, 2.05) is 0 Å². The Labute approximate surface area is 116 Å². The minimum atomic E-state index is -3.17. The Morgan fingerprint density at radius 3 is 2.50 bits per heavy atom. The van der Waals surface area contributed by atoms with E-state index in [-0.39, 0.29) is 18.1 Å². The summed E-state index contributed by atoms with van der Waals surface area (Å²) < 4.78 is 22.8. The first-order valence-corrected chi connectivity index (χ1v) is 7.73. The van der Waals surface area contributed by atoms with Crippen molar-refractivity contribution in [3.05, 3.63) is 0 Å². The summed E-state index contributed by atoms with van der Waals surface area (Å²) in [5.74, 6) is -2.58. The predicted molar refractivity (Wildman–Crippen MR) is 68.6 cm³/mol. The van der Waals surface area contributed by atoms with Crippen LogP contribution in [0.15, 0.2) is 0 Å². The van der Waals surface area contributed by atoms with E-state index in [0.717, 1.165) is 0 Å². The van der Waals surface area contributed by atoms with Crippen LogP contribution in [0.1, 0.15) is 13.3 Å². The summed E-state index contributed by atoms with van der Waals surface area (Å²) in [5.41, 5.74) is 4.90. The van der Waals surface area contributed by atoms with Gasteiger partial charge in [0.2, 0.25) is 5.91 Å². The number of carbonyl (C=O) groups excluding carboxylic acids is 2. The van der Waals surface area contributed by atoms with Crippen molar-refractivity contribution in [1.29, 1.82) is 0 Å². The third-order valence-electron chi connectivity index (χ3n) is 2.93. The summed E-state index contributed by atoms with van der Waals surface area (Å²) in [7, 11) is -3.17. The number of carboxylic acid groups (broad SMARTS) is 1. The molecule has 1 aliphatic rings. The highest BCUT2D eigenvalue weighted by molar-refractivity contribution is 7.91. The molecule has 1 heterocycles. The second-order valence-corrected chi connectivity index (χ2v) is 6.90. The summed E-state index contributed by atoms with van der Waals surface area (Å²) >= 11 is 0. The standard InChI is InChI=1S/C10H17N3O6S/c1-6-5-20(18,19)3-2-13(6)10(17)12-7(9(15)16)4-8(11)14/h6-7H,2-5H2,1H3,(H2,11,14)(H,12,17)(H,15,16)/t6?,7-/m1/s1. The van der Waals surface area contributed by atoms with Crippen LogP contribution in [-0.4, -0.2) is 66.5 Å². The Balaban J connectivity index is 2.70. The van der Waals surface area contributed by atoms with Crippen molar-refractivity contribution in [1.82, 2.24) is 10.2 Å². The first-order chi connectivity index (χ1) is 9.12. The average Bonchev–Trinajstić information content (AvgIpc) is 2.25. The number of aliphatic carboxylic acids is 1. The molecule has 3 amide bonds. The van der Waals surface area contributed by atoms with Gasteiger partial charge in [0.05, 0.1) is 17.9 Å². The molecule has 0 aromatic heterocycles. The maximum atomic E-state index is 11.9. The molecule has 0 aliphatic carbocycles. The molecule has 1 fully saturated rings. The smallest absolute Gasteiger partial charge is 0.326 e. The minimum Gasteiger partial charge on any atom is -0.480 e. The number of carboxylic acids is 1. The van der Waals surface area contributed by atoms with Gasteiger partial charge in [0, 0.05) is 12.6 Å². The van der Waals surface area contributed by atoms with Crippen molar-refractivity contribution in [2.45, 2.75) is 25.4 Å². The number of urea groups is 1. The van der Waals surface area contributed by atoms with Crippen LogP contribution >= 0.6 is 0 Å². The molecule has 114 valence electrons. The maximum absolute atomic E-state index is 11.9. The molecule has 0 saturated carbocycles. The molecule has 0 aromatic rings. The van der Waals surface area contributed by atoms with Gasteiger partial charge in [0.25, 0.3) is 0 Å². The molecule has 10 heteroatoms. The zero-order valence-corrected chi connectivity index (χ0v) is 11.7. The molecule has 4 N–H and O–H groups in total. The first-order valence-electron chi connectivity index (χ1n) is 5.91. The van der Waals surface area contributed by atoms with Crippen molar-refractivity contribution in [3.8, 4) is 0 Å². The Bertz CT molecular complexity index is 517. The zero-order chi connectivity index (χ0) is 15.5. The van der Waals surface area contributed by atoms with E-state index in [9.17, 15) is 22.8 Å². The highest BCUT2D eigenvalue weighted by atomic mass is 32.2. The number of amides is 3. The van der Waals surface area contributed by atoms with Crippen LogP contribution in [0.2, 0.25) is 0 Å². The van der Waals surface area contributed by atoms with E-state index in [0.29, 0.717) is 0 Å². The predicted octanol–water partition coefficient (Wildman–Crippen LogP) is -1.86. The number of rotatable bonds is 4. The topological polar surface area (TPSA) is 147 Å². The Morgan fingerprint density at radius 2 is 2.05 bits per heavy atom. The van der Waals surface area contributed by atoms with E-state index in [4.69, 9.17) is 10.8 Å². The molecule has 0 bridgehead atoms. The molecule has 1 rings (SSSR count). The van der Waals surface area contributed by atoms with Gasteiger partial charge in [-0.1, -0.05) is 0 Å². The molecule has 0 spiro atoms. The van der Waals surface area contributed by atoms with Crippen LogP contribution in [0.5, 0.6) is 0 Å². The van der Waals surface area contributed by atoms with Gasteiger partial charge in [-0.25, -0.2) is 18.0 Å². The molecular weight excluding hydrogens is 290 g/mol. The molecular formula is C10H17N3O6S. The summed E-state index contributed by atoms with van der Waals surface area (Å²) in [6, 6.07) is -2.71. The third-order valence-corrected chi connectivity index (χ3v) is 4.73. The van der Waals surface area contributed by atoms with Gasteiger partial charge in [0.15, 0.2) is 9.84 Å². The fourth-order valence-electron chi connectivity index (χ4n) is 1.93. The Kier molecular flexibility index (Phi) is 4.93. The number of hydrogen-bond acceptors (Lipinski definition) is 5. The van der Waals surface area contributed by atoms with E-state index in [2.05, 4.69) is 5.32 Å². The zero-order valence-electron chi connectivity index (χ0n) is 10.9. The third kappa shape index (κ3) is 4.37. The number of nitrogens with two attached hydrogens (primary N) is 1. The van der Waals surface area contributed by atoms with E-state index in [1.54, 1.807) is 6.92 Å². The number of nitrogens with zero attached hydrogens (tertiary/aromatic N) is 1. The van der Waals surface area contributed by atoms with Crippen LogP contribution in [0, 0.1) is 0 Å². The number of primary amides is 1. The Hall–Kier alpha value is -1.84. The molecule has 2 atom stereocenters. The molecule has 0 radical (unpaired) electrons. The number of sulfone groups is 1. The summed E-state index contributed by atoms with van der Waals surface area (Å²) in [4.78, 5) is 34.8. The maximum Gasteiger partial charge on any atom is 0.326 e. The molecule has 0 aromatic carbocycles. The van der Waals surface area contributed by atoms with Crippen molar-refractivity contribution >= 4 is 27.7 Å². The van der Waals surface area contributed by atoms with Gasteiger partial charge in [-0.2, -0.15) is 0 Å². The number of hydrogen-bond donors (Lipinski definition) is 3. The lowest BCUT2D eigenvalue weighted by Crippen LogP contribution is -2.56. The van der Waals surface area contributed by atoms with Crippen LogP contribution in [0.4, 0.5) is 4.79 Å². The summed E-state index contributed by atoms with van der Waals surface area (Å²) in [6.45, 7) is 1.54. The lowest BCUT2D eigenvalue weighted by Gasteiger charge is -2.33. The van der Waals surface area contributed by atoms with E-state index >= 15 is 0 Å². The van der Waals surface area contributed by atoms with Crippen molar-refractivity contribution in [3.63, 3.8) is 0 Å². The summed E-state index contributed by atoms with van der Waals surface area (Å²) in [5, 5.41) is 11.0. The SMILES string of the molecule is CC1CS(=O)(=O)CCN1C(=O)N[C@H](CC(N)=O)C(=O)O. The second kappa shape index (κ2) is 6.07.